The molecular weight excluding hydrogens is 334 g/mol. The first-order chi connectivity index (χ1) is 11.0. The lowest BCUT2D eigenvalue weighted by Crippen LogP contribution is -2.08. The van der Waals surface area contributed by atoms with Crippen molar-refractivity contribution in [3.63, 3.8) is 0 Å². The van der Waals surface area contributed by atoms with E-state index < -0.39 is 10.0 Å². The summed E-state index contributed by atoms with van der Waals surface area (Å²) in [5.74, 6) is 0.786. The molecule has 3 rings (SSSR count). The second-order valence-corrected chi connectivity index (χ2v) is 7.15. The Bertz CT molecular complexity index is 928. The van der Waals surface area contributed by atoms with Crippen LogP contribution in [0.4, 0.5) is 5.69 Å². The fourth-order valence-corrected chi connectivity index (χ4v) is 3.58. The van der Waals surface area contributed by atoms with E-state index in [0.717, 1.165) is 11.0 Å². The highest BCUT2D eigenvalue weighted by Crippen LogP contribution is 2.33. The van der Waals surface area contributed by atoms with Crippen LogP contribution >= 0.6 is 11.3 Å². The van der Waals surface area contributed by atoms with Gasteiger partial charge in [0.25, 0.3) is 15.9 Å². The Labute approximate surface area is 137 Å². The summed E-state index contributed by atoms with van der Waals surface area (Å²) in [5.41, 5.74) is 1.22. The van der Waals surface area contributed by atoms with Gasteiger partial charge < -0.3 is 4.52 Å². The largest absolute Gasteiger partial charge is 0.333 e. The smallest absolute Gasteiger partial charge is 0.270 e. The fourth-order valence-electron chi connectivity index (χ4n) is 1.86. The van der Waals surface area contributed by atoms with Gasteiger partial charge in [0.1, 0.15) is 4.88 Å². The molecule has 0 amide bonds. The summed E-state index contributed by atoms with van der Waals surface area (Å²) in [6.45, 7) is 1.70. The van der Waals surface area contributed by atoms with Crippen LogP contribution in [-0.4, -0.2) is 18.6 Å². The van der Waals surface area contributed by atoms with Gasteiger partial charge in [-0.25, -0.2) is 8.42 Å². The van der Waals surface area contributed by atoms with Crippen molar-refractivity contribution < 1.29 is 12.9 Å². The lowest BCUT2D eigenvalue weighted by molar-refractivity contribution is 0.426. The van der Waals surface area contributed by atoms with Gasteiger partial charge in [-0.3, -0.25) is 4.72 Å². The van der Waals surface area contributed by atoms with E-state index in [1.165, 1.54) is 17.4 Å². The number of sulfonamides is 1. The van der Waals surface area contributed by atoms with Gasteiger partial charge in [0.05, 0.1) is 11.1 Å². The molecule has 1 aromatic carbocycles. The number of hydrogen-bond acceptors (Lipinski definition) is 6. The van der Waals surface area contributed by atoms with E-state index in [0.29, 0.717) is 22.3 Å². The minimum absolute atomic E-state index is 0.294. The summed E-state index contributed by atoms with van der Waals surface area (Å²) in [6, 6.07) is 10.9. The summed E-state index contributed by atoms with van der Waals surface area (Å²) in [6.07, 6.45) is 1.53. The van der Waals surface area contributed by atoms with Crippen molar-refractivity contribution in [1.82, 2.24) is 10.1 Å². The standard InChI is InChI=1S/C15H13N3O3S2/c1-11-16-15(21-17-11)14-13(7-9-22-14)18-23(19,20)10-8-12-5-3-2-4-6-12/h2-10,18H,1H3/b10-8+. The van der Waals surface area contributed by atoms with Crippen LogP contribution in [0.5, 0.6) is 0 Å². The van der Waals surface area contributed by atoms with Crippen molar-refractivity contribution in [2.24, 2.45) is 0 Å². The SMILES string of the molecule is Cc1noc(-c2sccc2NS(=O)(=O)/C=C/c2ccccc2)n1. The highest BCUT2D eigenvalue weighted by Gasteiger charge is 2.16. The second kappa shape index (κ2) is 6.35. The van der Waals surface area contributed by atoms with Crippen LogP contribution in [0, 0.1) is 6.92 Å². The van der Waals surface area contributed by atoms with Crippen molar-refractivity contribution in [2.75, 3.05) is 4.72 Å². The van der Waals surface area contributed by atoms with E-state index in [-0.39, 0.29) is 0 Å². The van der Waals surface area contributed by atoms with Crippen LogP contribution in [0.3, 0.4) is 0 Å². The molecule has 0 radical (unpaired) electrons. The van der Waals surface area contributed by atoms with Gasteiger partial charge in [0, 0.05) is 0 Å². The molecule has 0 saturated carbocycles. The molecule has 2 aromatic heterocycles. The molecule has 0 unspecified atom stereocenters. The molecule has 118 valence electrons. The van der Waals surface area contributed by atoms with Crippen molar-refractivity contribution in [1.29, 1.82) is 0 Å². The average Bonchev–Trinajstić information content (AvgIpc) is 3.15. The van der Waals surface area contributed by atoms with Crippen LogP contribution < -0.4 is 4.72 Å². The monoisotopic (exact) mass is 347 g/mol. The second-order valence-electron chi connectivity index (χ2n) is 4.67. The predicted molar refractivity (Wildman–Crippen MR) is 90.4 cm³/mol. The van der Waals surface area contributed by atoms with Crippen molar-refractivity contribution in [3.8, 4) is 10.8 Å². The summed E-state index contributed by atoms with van der Waals surface area (Å²) >= 11 is 1.32. The summed E-state index contributed by atoms with van der Waals surface area (Å²) in [4.78, 5) is 4.70. The van der Waals surface area contributed by atoms with Gasteiger partial charge in [0.2, 0.25) is 0 Å². The lowest BCUT2D eigenvalue weighted by atomic mass is 10.2. The van der Waals surface area contributed by atoms with E-state index in [2.05, 4.69) is 14.9 Å². The summed E-state index contributed by atoms with van der Waals surface area (Å²) in [7, 11) is -3.64. The Balaban J connectivity index is 1.82. The predicted octanol–water partition coefficient (Wildman–Crippen LogP) is 3.52. The molecule has 1 N–H and O–H groups in total. The number of aromatic nitrogens is 2. The zero-order valence-corrected chi connectivity index (χ0v) is 13.8. The summed E-state index contributed by atoms with van der Waals surface area (Å²) in [5, 5.41) is 6.60. The number of rotatable bonds is 5. The third-order valence-corrected chi connectivity index (χ3v) is 4.78. The van der Waals surface area contributed by atoms with Gasteiger partial charge in [-0.1, -0.05) is 35.5 Å². The number of aryl methyl sites for hydroxylation is 1. The molecule has 0 aliphatic heterocycles. The first-order valence-electron chi connectivity index (χ1n) is 6.68. The first-order valence-corrected chi connectivity index (χ1v) is 9.10. The number of anilines is 1. The van der Waals surface area contributed by atoms with Crippen LogP contribution in [0.25, 0.3) is 16.8 Å². The van der Waals surface area contributed by atoms with Gasteiger partial charge in [-0.2, -0.15) is 4.98 Å². The molecule has 8 heteroatoms. The van der Waals surface area contributed by atoms with E-state index in [9.17, 15) is 8.42 Å². The molecule has 0 bridgehead atoms. The maximum atomic E-state index is 12.2. The Morgan fingerprint density at radius 1 is 1.22 bits per heavy atom. The highest BCUT2D eigenvalue weighted by atomic mass is 32.2. The van der Waals surface area contributed by atoms with Crippen molar-refractivity contribution in [2.45, 2.75) is 6.92 Å². The van der Waals surface area contributed by atoms with Crippen molar-refractivity contribution >= 4 is 33.1 Å². The number of nitrogens with zero attached hydrogens (tertiary/aromatic N) is 2. The van der Waals surface area contributed by atoms with Crippen LogP contribution in [0.2, 0.25) is 0 Å². The number of hydrogen-bond donors (Lipinski definition) is 1. The molecule has 0 aliphatic carbocycles. The lowest BCUT2D eigenvalue weighted by Gasteiger charge is -2.03. The third-order valence-electron chi connectivity index (χ3n) is 2.88. The molecule has 0 aliphatic rings. The third kappa shape index (κ3) is 3.85. The van der Waals surface area contributed by atoms with Gasteiger partial charge in [0.15, 0.2) is 5.82 Å². The van der Waals surface area contributed by atoms with Crippen LogP contribution in [0.15, 0.2) is 51.7 Å². The Morgan fingerprint density at radius 3 is 2.70 bits per heavy atom. The normalized spacial score (nSPS) is 11.9. The van der Waals surface area contributed by atoms with E-state index in [1.807, 2.05) is 30.3 Å². The highest BCUT2D eigenvalue weighted by molar-refractivity contribution is 7.95. The van der Waals surface area contributed by atoms with Crippen LogP contribution in [-0.2, 0) is 10.0 Å². The molecule has 0 spiro atoms. The van der Waals surface area contributed by atoms with Gasteiger partial charge in [-0.15, -0.1) is 11.3 Å². The average molecular weight is 347 g/mol. The topological polar surface area (TPSA) is 85.1 Å². The van der Waals surface area contributed by atoms with Crippen LogP contribution in [0.1, 0.15) is 11.4 Å². The molecule has 2 heterocycles. The maximum Gasteiger partial charge on any atom is 0.270 e. The molecule has 0 saturated heterocycles. The van der Waals surface area contributed by atoms with E-state index in [4.69, 9.17) is 4.52 Å². The van der Waals surface area contributed by atoms with Gasteiger partial charge in [-0.05, 0) is 30.0 Å². The number of benzene rings is 1. The number of nitrogens with one attached hydrogen (secondary N) is 1. The quantitative estimate of drug-likeness (QED) is 0.763. The minimum atomic E-state index is -3.64. The molecule has 6 nitrogen and oxygen atoms in total. The Morgan fingerprint density at radius 2 is 2.00 bits per heavy atom. The molecule has 0 fully saturated rings. The molecule has 23 heavy (non-hydrogen) atoms. The first kappa shape index (κ1) is 15.4. The zero-order chi connectivity index (χ0) is 16.3. The summed E-state index contributed by atoms with van der Waals surface area (Å²) < 4.78 is 32.0. The van der Waals surface area contributed by atoms with E-state index in [1.54, 1.807) is 18.4 Å². The minimum Gasteiger partial charge on any atom is -0.333 e. The van der Waals surface area contributed by atoms with Crippen molar-refractivity contribution in [3.05, 3.63) is 58.6 Å². The Hall–Kier alpha value is -2.45. The zero-order valence-electron chi connectivity index (χ0n) is 12.1. The maximum absolute atomic E-state index is 12.2. The van der Waals surface area contributed by atoms with Gasteiger partial charge >= 0.3 is 0 Å². The number of thiophene rings is 1. The molecule has 0 atom stereocenters. The molecule has 3 aromatic rings. The Kier molecular flexibility index (Phi) is 4.26. The fraction of sp³-hybridized carbons (Fsp3) is 0.0667. The van der Waals surface area contributed by atoms with E-state index >= 15 is 0 Å². The molecular formula is C15H13N3O3S2.